The average Bonchev–Trinajstić information content (AvgIpc) is 2.98. The van der Waals surface area contributed by atoms with Crippen LogP contribution in [0.3, 0.4) is 0 Å². The number of nitrogens with one attached hydrogen (secondary N) is 4. The molecule has 0 saturated heterocycles. The molecule has 2 atom stereocenters. The van der Waals surface area contributed by atoms with Crippen LogP contribution in [0.5, 0.6) is 0 Å². The molecule has 38 heavy (non-hydrogen) atoms. The number of pyridine rings is 1. The Kier molecular flexibility index (Phi) is 8.25. The molecule has 204 valence electrons. The molecule has 1 aliphatic carbocycles. The second-order valence-electron chi connectivity index (χ2n) is 10.9. The van der Waals surface area contributed by atoms with Gasteiger partial charge >= 0.3 is 0 Å². The van der Waals surface area contributed by atoms with E-state index in [0.717, 1.165) is 32.1 Å². The quantitative estimate of drug-likeness (QED) is 0.225. The summed E-state index contributed by atoms with van der Waals surface area (Å²) in [4.78, 5) is 15.7. The van der Waals surface area contributed by atoms with Crippen LogP contribution < -0.4 is 16.2 Å². The van der Waals surface area contributed by atoms with Crippen LogP contribution in [0.15, 0.2) is 40.2 Å². The van der Waals surface area contributed by atoms with Crippen LogP contribution in [0.25, 0.3) is 0 Å². The molecule has 1 aliphatic heterocycles. The molecule has 1 unspecified atom stereocenters. The molecule has 1 aromatic carbocycles. The van der Waals surface area contributed by atoms with E-state index in [2.05, 4.69) is 21.7 Å². The van der Waals surface area contributed by atoms with E-state index in [9.17, 15) is 18.5 Å². The molecule has 0 spiro atoms. The predicted octanol–water partition coefficient (Wildman–Crippen LogP) is 3.87. The van der Waals surface area contributed by atoms with Gasteiger partial charge < -0.3 is 20.4 Å². The van der Waals surface area contributed by atoms with Crippen LogP contribution in [-0.2, 0) is 21.3 Å². The largest absolute Gasteiger partial charge is 0.384 e. The first-order valence-electron chi connectivity index (χ1n) is 12.9. The van der Waals surface area contributed by atoms with E-state index < -0.39 is 15.6 Å². The van der Waals surface area contributed by atoms with E-state index in [1.807, 2.05) is 13.8 Å². The van der Waals surface area contributed by atoms with Crippen molar-refractivity contribution in [1.29, 1.82) is 10.7 Å². The van der Waals surface area contributed by atoms with E-state index in [0.29, 0.717) is 30.1 Å². The minimum absolute atomic E-state index is 0.102. The summed E-state index contributed by atoms with van der Waals surface area (Å²) >= 11 is 0. The fourth-order valence-corrected chi connectivity index (χ4v) is 7.19. The van der Waals surface area contributed by atoms with E-state index in [-0.39, 0.29) is 40.2 Å². The number of rotatable bonds is 8. The van der Waals surface area contributed by atoms with Gasteiger partial charge in [0, 0.05) is 43.5 Å². The van der Waals surface area contributed by atoms with E-state index in [1.54, 1.807) is 31.4 Å². The number of amidine groups is 1. The van der Waals surface area contributed by atoms with Gasteiger partial charge in [-0.15, -0.1) is 0 Å². The topological polar surface area (TPSA) is 151 Å². The average molecular weight is 541 g/mol. The Labute approximate surface area is 224 Å². The molecule has 10 nitrogen and oxygen atoms in total. The second kappa shape index (κ2) is 11.3. The SMILES string of the molecule is COCC(C)(C)CN1Cc2cc(NC(=N)c3c(N[C@H]4CCCCCC4C#N)cc[nH]c3=O)ccc2S1(=O)=O. The molecular weight excluding hydrogens is 504 g/mol. The number of aromatic nitrogens is 1. The number of fused-ring (bicyclic) bond motifs is 1. The van der Waals surface area contributed by atoms with Crippen LogP contribution in [0.1, 0.15) is 57.1 Å². The maximum Gasteiger partial charge on any atom is 0.261 e. The molecule has 11 heteroatoms. The highest BCUT2D eigenvalue weighted by atomic mass is 32.2. The van der Waals surface area contributed by atoms with E-state index in [1.165, 1.54) is 10.5 Å². The molecule has 4 rings (SSSR count). The Balaban J connectivity index is 1.55. The zero-order valence-electron chi connectivity index (χ0n) is 22.1. The molecule has 0 bridgehead atoms. The summed E-state index contributed by atoms with van der Waals surface area (Å²) in [6.45, 7) is 4.89. The van der Waals surface area contributed by atoms with Crippen molar-refractivity contribution in [3.05, 3.63) is 51.9 Å². The minimum atomic E-state index is -3.63. The van der Waals surface area contributed by atoms with Gasteiger partial charge in [-0.1, -0.05) is 33.1 Å². The van der Waals surface area contributed by atoms with Gasteiger partial charge in [-0.25, -0.2) is 8.42 Å². The molecule has 1 fully saturated rings. The van der Waals surface area contributed by atoms with Crippen molar-refractivity contribution in [3.8, 4) is 6.07 Å². The maximum absolute atomic E-state index is 13.1. The van der Waals surface area contributed by atoms with Crippen molar-refractivity contribution in [2.24, 2.45) is 11.3 Å². The van der Waals surface area contributed by atoms with Gasteiger partial charge in [0.2, 0.25) is 10.0 Å². The molecule has 0 amide bonds. The number of ether oxygens (including phenoxy) is 1. The van der Waals surface area contributed by atoms with Crippen molar-refractivity contribution in [2.75, 3.05) is 30.9 Å². The normalized spacial score (nSPS) is 21.2. The minimum Gasteiger partial charge on any atom is -0.384 e. The Bertz CT molecular complexity index is 1400. The van der Waals surface area contributed by atoms with Crippen LogP contribution in [0.4, 0.5) is 11.4 Å². The smallest absolute Gasteiger partial charge is 0.261 e. The Hall–Kier alpha value is -3.20. The van der Waals surface area contributed by atoms with Crippen molar-refractivity contribution in [3.63, 3.8) is 0 Å². The first-order chi connectivity index (χ1) is 18.1. The van der Waals surface area contributed by atoms with Crippen LogP contribution in [0.2, 0.25) is 0 Å². The molecule has 1 saturated carbocycles. The number of sulfonamides is 1. The number of anilines is 2. The predicted molar refractivity (Wildman–Crippen MR) is 147 cm³/mol. The first-order valence-corrected chi connectivity index (χ1v) is 14.4. The molecular formula is C27H36N6O4S. The molecule has 2 aliphatic rings. The highest BCUT2D eigenvalue weighted by Crippen LogP contribution is 2.35. The lowest BCUT2D eigenvalue weighted by atomic mass is 9.95. The zero-order chi connectivity index (χ0) is 27.5. The summed E-state index contributed by atoms with van der Waals surface area (Å²) in [5.41, 5.74) is 1.00. The third-order valence-corrected chi connectivity index (χ3v) is 9.06. The van der Waals surface area contributed by atoms with Gasteiger partial charge in [-0.3, -0.25) is 10.2 Å². The van der Waals surface area contributed by atoms with Crippen molar-refractivity contribution in [1.82, 2.24) is 9.29 Å². The fraction of sp³-hybridized carbons (Fsp3) is 0.519. The number of benzene rings is 1. The van der Waals surface area contributed by atoms with Crippen LogP contribution in [-0.4, -0.2) is 49.8 Å². The highest BCUT2D eigenvalue weighted by Gasteiger charge is 2.38. The third kappa shape index (κ3) is 5.93. The summed E-state index contributed by atoms with van der Waals surface area (Å²) < 4.78 is 32.9. The lowest BCUT2D eigenvalue weighted by Crippen LogP contribution is -2.37. The molecule has 0 radical (unpaired) electrons. The summed E-state index contributed by atoms with van der Waals surface area (Å²) in [5.74, 6) is -0.280. The number of hydrogen-bond donors (Lipinski definition) is 4. The molecule has 2 heterocycles. The van der Waals surface area contributed by atoms with Gasteiger partial charge in [0.25, 0.3) is 5.56 Å². The lowest BCUT2D eigenvalue weighted by molar-refractivity contribution is 0.0890. The van der Waals surface area contributed by atoms with Gasteiger partial charge in [0.15, 0.2) is 0 Å². The van der Waals surface area contributed by atoms with E-state index >= 15 is 0 Å². The second-order valence-corrected chi connectivity index (χ2v) is 12.8. The number of nitrogens with zero attached hydrogens (tertiary/aromatic N) is 2. The summed E-state index contributed by atoms with van der Waals surface area (Å²) in [6.07, 6.45) is 6.24. The summed E-state index contributed by atoms with van der Waals surface area (Å²) in [6, 6.07) is 8.87. The summed E-state index contributed by atoms with van der Waals surface area (Å²) in [5, 5.41) is 24.7. The lowest BCUT2D eigenvalue weighted by Gasteiger charge is -2.28. The van der Waals surface area contributed by atoms with Gasteiger partial charge in [-0.05, 0) is 42.7 Å². The zero-order valence-corrected chi connectivity index (χ0v) is 23.0. The van der Waals surface area contributed by atoms with Crippen LogP contribution in [0, 0.1) is 28.1 Å². The van der Waals surface area contributed by atoms with Crippen molar-refractivity contribution in [2.45, 2.75) is 63.4 Å². The Morgan fingerprint density at radius 1 is 1.26 bits per heavy atom. The Morgan fingerprint density at radius 2 is 2.03 bits per heavy atom. The molecule has 1 aromatic heterocycles. The number of aromatic amines is 1. The Morgan fingerprint density at radius 3 is 2.76 bits per heavy atom. The first kappa shape index (κ1) is 27.8. The fourth-order valence-electron chi connectivity index (χ4n) is 5.39. The third-order valence-electron chi connectivity index (χ3n) is 7.17. The number of methoxy groups -OCH3 is 1. The van der Waals surface area contributed by atoms with Gasteiger partial charge in [-0.2, -0.15) is 9.57 Å². The van der Waals surface area contributed by atoms with Gasteiger partial charge in [0.1, 0.15) is 11.4 Å². The maximum atomic E-state index is 13.1. The van der Waals surface area contributed by atoms with Crippen LogP contribution >= 0.6 is 0 Å². The monoisotopic (exact) mass is 540 g/mol. The molecule has 4 N–H and O–H groups in total. The molecule has 2 aromatic rings. The van der Waals surface area contributed by atoms with Crippen molar-refractivity contribution >= 4 is 27.2 Å². The van der Waals surface area contributed by atoms with Crippen molar-refractivity contribution < 1.29 is 13.2 Å². The number of nitriles is 1. The van der Waals surface area contributed by atoms with E-state index in [4.69, 9.17) is 10.1 Å². The number of H-pyrrole nitrogens is 1. The standard InChI is InChI=1S/C27H36N6O4S/c1-27(2,17-37-3)16-33-15-19-13-20(9-10-23(19)38(33,35)36)31-25(29)24-22(11-12-30-26(24)34)32-21-8-6-4-5-7-18(21)14-28/h9-13,18,21H,4-8,15-17H2,1-3H3,(H2,29,31)(H2,30,32,34)/t18?,21-/m0/s1. The highest BCUT2D eigenvalue weighted by molar-refractivity contribution is 7.89. The number of hydrogen-bond acceptors (Lipinski definition) is 7. The van der Waals surface area contributed by atoms with Gasteiger partial charge in [0.05, 0.1) is 29.2 Å². The summed E-state index contributed by atoms with van der Waals surface area (Å²) in [7, 11) is -2.03.